The molecule has 0 bridgehead atoms. The van der Waals surface area contributed by atoms with E-state index >= 15 is 0 Å². The lowest BCUT2D eigenvalue weighted by Crippen LogP contribution is -2.27. The molecule has 110 valence electrons. The van der Waals surface area contributed by atoms with E-state index in [1.54, 1.807) is 13.8 Å². The highest BCUT2D eigenvalue weighted by Gasteiger charge is 2.17. The first-order chi connectivity index (χ1) is 9.53. The second-order valence-corrected chi connectivity index (χ2v) is 5.68. The minimum Gasteiger partial charge on any atom is -0.388 e. The molecule has 0 aliphatic heterocycles. The molecule has 0 fully saturated rings. The Hall–Kier alpha value is -1.30. The van der Waals surface area contributed by atoms with Gasteiger partial charge in [0.1, 0.15) is 0 Å². The van der Waals surface area contributed by atoms with E-state index in [9.17, 15) is 5.11 Å². The molecule has 0 saturated heterocycles. The Balaban J connectivity index is 2.62. The third kappa shape index (κ3) is 7.33. The topological polar surface area (TPSA) is 29.5 Å². The third-order valence-corrected chi connectivity index (χ3v) is 2.88. The Bertz CT molecular complexity index is 420. The van der Waals surface area contributed by atoms with Crippen LogP contribution in [-0.2, 0) is 4.74 Å². The van der Waals surface area contributed by atoms with Crippen molar-refractivity contribution < 1.29 is 9.84 Å². The molecule has 1 aromatic rings. The van der Waals surface area contributed by atoms with Crippen LogP contribution in [0.2, 0.25) is 0 Å². The van der Waals surface area contributed by atoms with Crippen LogP contribution in [0.3, 0.4) is 0 Å². The number of aliphatic hydroxyl groups is 1. The quantitative estimate of drug-likeness (QED) is 0.599. The number of ether oxygens (including phenoxy) is 1. The minimum atomic E-state index is -0.817. The lowest BCUT2D eigenvalue weighted by atomic mass is 10.1. The third-order valence-electron chi connectivity index (χ3n) is 2.88. The van der Waals surface area contributed by atoms with Crippen LogP contribution in [0.1, 0.15) is 58.1 Å². The van der Waals surface area contributed by atoms with Gasteiger partial charge < -0.3 is 9.84 Å². The summed E-state index contributed by atoms with van der Waals surface area (Å²) in [5, 5.41) is 9.79. The summed E-state index contributed by atoms with van der Waals surface area (Å²) < 4.78 is 5.85. The minimum absolute atomic E-state index is 0.0725. The van der Waals surface area contributed by atoms with Gasteiger partial charge in [-0.05, 0) is 25.8 Å². The molecule has 0 aromatic heterocycles. The Morgan fingerprint density at radius 2 is 1.90 bits per heavy atom. The highest BCUT2D eigenvalue weighted by molar-refractivity contribution is 5.19. The van der Waals surface area contributed by atoms with Gasteiger partial charge in [0.15, 0.2) is 0 Å². The number of rotatable bonds is 7. The standard InChI is InChI=1S/C18H26O2/c1-4-5-6-7-11-14-17(20-15-18(2,3)19)16-12-9-8-10-13-16/h8-10,12-13,17,19H,4-6,14-15H2,1-3H3. The average molecular weight is 274 g/mol. The second kappa shape index (κ2) is 8.79. The van der Waals surface area contributed by atoms with Crippen LogP contribution >= 0.6 is 0 Å². The van der Waals surface area contributed by atoms with Crippen LogP contribution < -0.4 is 0 Å². The predicted molar refractivity (Wildman–Crippen MR) is 83.4 cm³/mol. The largest absolute Gasteiger partial charge is 0.388 e. The van der Waals surface area contributed by atoms with Gasteiger partial charge in [0.05, 0.1) is 18.3 Å². The maximum atomic E-state index is 9.79. The molecule has 0 aliphatic rings. The zero-order valence-corrected chi connectivity index (χ0v) is 12.9. The summed E-state index contributed by atoms with van der Waals surface area (Å²) in [6.07, 6.45) is 3.86. The molecule has 0 radical (unpaired) electrons. The smallest absolute Gasteiger partial charge is 0.0935 e. The van der Waals surface area contributed by atoms with Crippen molar-refractivity contribution in [2.75, 3.05) is 6.61 Å². The lowest BCUT2D eigenvalue weighted by molar-refractivity contribution is -0.0526. The zero-order valence-electron chi connectivity index (χ0n) is 12.9. The van der Waals surface area contributed by atoms with Gasteiger partial charge in [0.2, 0.25) is 0 Å². The number of benzene rings is 1. The van der Waals surface area contributed by atoms with E-state index in [2.05, 4.69) is 18.8 Å². The number of hydrogen-bond acceptors (Lipinski definition) is 2. The summed E-state index contributed by atoms with van der Waals surface area (Å²) in [7, 11) is 0. The molecule has 0 saturated carbocycles. The molecule has 1 unspecified atom stereocenters. The van der Waals surface area contributed by atoms with Crippen LogP contribution in [0.25, 0.3) is 0 Å². The molecular weight excluding hydrogens is 248 g/mol. The Labute approximate surface area is 123 Å². The molecule has 20 heavy (non-hydrogen) atoms. The van der Waals surface area contributed by atoms with E-state index in [0.29, 0.717) is 13.0 Å². The molecule has 0 heterocycles. The summed E-state index contributed by atoms with van der Waals surface area (Å²) in [6.45, 7) is 5.98. The van der Waals surface area contributed by atoms with Gasteiger partial charge in [0, 0.05) is 12.8 Å². The Morgan fingerprint density at radius 3 is 2.50 bits per heavy atom. The molecule has 2 nitrogen and oxygen atoms in total. The van der Waals surface area contributed by atoms with E-state index in [4.69, 9.17) is 4.74 Å². The van der Waals surface area contributed by atoms with E-state index < -0.39 is 5.60 Å². The lowest BCUT2D eigenvalue weighted by Gasteiger charge is -2.22. The molecular formula is C18H26O2. The molecule has 1 atom stereocenters. The van der Waals surface area contributed by atoms with Crippen molar-refractivity contribution in [1.82, 2.24) is 0 Å². The summed E-state index contributed by atoms with van der Waals surface area (Å²) in [6, 6.07) is 10.1. The van der Waals surface area contributed by atoms with Gasteiger partial charge in [-0.1, -0.05) is 43.7 Å². The van der Waals surface area contributed by atoms with Crippen LogP contribution in [0.15, 0.2) is 30.3 Å². The average Bonchev–Trinajstić information content (AvgIpc) is 2.42. The van der Waals surface area contributed by atoms with E-state index in [-0.39, 0.29) is 6.10 Å². The molecule has 0 spiro atoms. The summed E-state index contributed by atoms with van der Waals surface area (Å²) in [4.78, 5) is 0. The Morgan fingerprint density at radius 1 is 1.20 bits per heavy atom. The van der Waals surface area contributed by atoms with Crippen molar-refractivity contribution in [2.24, 2.45) is 0 Å². The predicted octanol–water partition coefficient (Wildman–Crippen LogP) is 4.10. The maximum Gasteiger partial charge on any atom is 0.0935 e. The van der Waals surface area contributed by atoms with Crippen molar-refractivity contribution in [2.45, 2.75) is 58.2 Å². The van der Waals surface area contributed by atoms with Gasteiger partial charge in [-0.15, -0.1) is 11.8 Å². The van der Waals surface area contributed by atoms with E-state index in [1.807, 2.05) is 30.3 Å². The molecule has 0 aliphatic carbocycles. The second-order valence-electron chi connectivity index (χ2n) is 5.68. The first kappa shape index (κ1) is 16.8. The van der Waals surface area contributed by atoms with Gasteiger partial charge in [0.25, 0.3) is 0 Å². The molecule has 0 amide bonds. The SMILES string of the molecule is CCCCC#CCC(OCC(C)(C)O)c1ccccc1. The van der Waals surface area contributed by atoms with Crippen molar-refractivity contribution >= 4 is 0 Å². The molecule has 1 rings (SSSR count). The van der Waals surface area contributed by atoms with Gasteiger partial charge in [-0.25, -0.2) is 0 Å². The molecule has 1 N–H and O–H groups in total. The summed E-state index contributed by atoms with van der Waals surface area (Å²) in [5.74, 6) is 6.39. The maximum absolute atomic E-state index is 9.79. The first-order valence-electron chi connectivity index (χ1n) is 7.37. The van der Waals surface area contributed by atoms with Crippen LogP contribution in [-0.4, -0.2) is 17.3 Å². The zero-order chi connectivity index (χ0) is 14.8. The van der Waals surface area contributed by atoms with Crippen LogP contribution in [0.5, 0.6) is 0 Å². The Kier molecular flexibility index (Phi) is 7.36. The van der Waals surface area contributed by atoms with E-state index in [0.717, 1.165) is 18.4 Å². The van der Waals surface area contributed by atoms with Crippen LogP contribution in [0, 0.1) is 11.8 Å². The fraction of sp³-hybridized carbons (Fsp3) is 0.556. The summed E-state index contributed by atoms with van der Waals surface area (Å²) in [5.41, 5.74) is 0.296. The highest BCUT2D eigenvalue weighted by atomic mass is 16.5. The fourth-order valence-corrected chi connectivity index (χ4v) is 1.76. The number of hydrogen-bond donors (Lipinski definition) is 1. The van der Waals surface area contributed by atoms with Crippen LogP contribution in [0.4, 0.5) is 0 Å². The van der Waals surface area contributed by atoms with Crippen molar-refractivity contribution in [1.29, 1.82) is 0 Å². The number of unbranched alkanes of at least 4 members (excludes halogenated alkanes) is 2. The normalized spacial score (nSPS) is 12.6. The highest BCUT2D eigenvalue weighted by Crippen LogP contribution is 2.22. The first-order valence-corrected chi connectivity index (χ1v) is 7.37. The fourth-order valence-electron chi connectivity index (χ4n) is 1.76. The van der Waals surface area contributed by atoms with Crippen molar-refractivity contribution in [3.05, 3.63) is 35.9 Å². The van der Waals surface area contributed by atoms with Crippen molar-refractivity contribution in [3.63, 3.8) is 0 Å². The summed E-state index contributed by atoms with van der Waals surface area (Å²) >= 11 is 0. The monoisotopic (exact) mass is 274 g/mol. The van der Waals surface area contributed by atoms with Gasteiger partial charge >= 0.3 is 0 Å². The van der Waals surface area contributed by atoms with E-state index in [1.165, 1.54) is 6.42 Å². The van der Waals surface area contributed by atoms with Gasteiger partial charge in [-0.2, -0.15) is 0 Å². The molecule has 2 heteroatoms. The molecule has 1 aromatic carbocycles. The van der Waals surface area contributed by atoms with Gasteiger partial charge in [-0.3, -0.25) is 0 Å². The van der Waals surface area contributed by atoms with Crippen molar-refractivity contribution in [3.8, 4) is 11.8 Å².